The van der Waals surface area contributed by atoms with E-state index in [1.165, 1.54) is 0 Å². The third kappa shape index (κ3) is 6.46. The number of benzene rings is 1. The Morgan fingerprint density at radius 1 is 1.17 bits per heavy atom. The molecule has 0 aliphatic heterocycles. The molecule has 5 heteroatoms. The van der Waals surface area contributed by atoms with Crippen molar-refractivity contribution in [3.63, 3.8) is 0 Å². The number of rotatable bonds is 9. The average molecular weight is 317 g/mol. The van der Waals surface area contributed by atoms with Crippen LogP contribution in [0.3, 0.4) is 0 Å². The van der Waals surface area contributed by atoms with Crippen molar-refractivity contribution in [1.82, 2.24) is 5.32 Å². The van der Waals surface area contributed by atoms with Crippen LogP contribution in [0, 0.1) is 0 Å². The SMILES string of the molecule is C/C=C/CC(NC(=O)CCC(=O)c1ccc(CC)cc1)C(=O)O. The van der Waals surface area contributed by atoms with Gasteiger partial charge < -0.3 is 10.4 Å². The maximum absolute atomic E-state index is 12.0. The van der Waals surface area contributed by atoms with Crippen LogP contribution < -0.4 is 5.32 Å². The maximum Gasteiger partial charge on any atom is 0.326 e. The Morgan fingerprint density at radius 2 is 1.83 bits per heavy atom. The van der Waals surface area contributed by atoms with E-state index in [2.05, 4.69) is 5.32 Å². The Labute approximate surface area is 136 Å². The first kappa shape index (κ1) is 18.6. The lowest BCUT2D eigenvalue weighted by Gasteiger charge is -2.12. The van der Waals surface area contributed by atoms with Gasteiger partial charge in [0.25, 0.3) is 0 Å². The van der Waals surface area contributed by atoms with Gasteiger partial charge in [0, 0.05) is 18.4 Å². The number of nitrogens with one attached hydrogen (secondary N) is 1. The molecule has 1 rings (SSSR count). The quantitative estimate of drug-likeness (QED) is 0.542. The van der Waals surface area contributed by atoms with Crippen molar-refractivity contribution in [2.24, 2.45) is 0 Å². The summed E-state index contributed by atoms with van der Waals surface area (Å²) < 4.78 is 0. The van der Waals surface area contributed by atoms with E-state index in [4.69, 9.17) is 5.11 Å². The van der Waals surface area contributed by atoms with E-state index in [-0.39, 0.29) is 25.0 Å². The van der Waals surface area contributed by atoms with Gasteiger partial charge in [-0.3, -0.25) is 9.59 Å². The summed E-state index contributed by atoms with van der Waals surface area (Å²) >= 11 is 0. The molecule has 5 nitrogen and oxygen atoms in total. The molecule has 124 valence electrons. The van der Waals surface area contributed by atoms with Crippen molar-refractivity contribution in [3.05, 3.63) is 47.5 Å². The highest BCUT2D eigenvalue weighted by molar-refractivity contribution is 5.98. The van der Waals surface area contributed by atoms with Crippen molar-refractivity contribution >= 4 is 17.7 Å². The number of hydrogen-bond acceptors (Lipinski definition) is 3. The van der Waals surface area contributed by atoms with Gasteiger partial charge in [-0.1, -0.05) is 43.3 Å². The summed E-state index contributed by atoms with van der Waals surface area (Å²) in [5.74, 6) is -1.64. The number of hydrogen-bond donors (Lipinski definition) is 2. The number of aliphatic carboxylic acids is 1. The van der Waals surface area contributed by atoms with Gasteiger partial charge in [0.2, 0.25) is 5.91 Å². The second-order valence-corrected chi connectivity index (χ2v) is 5.24. The summed E-state index contributed by atoms with van der Waals surface area (Å²) in [4.78, 5) is 34.9. The van der Waals surface area contributed by atoms with Crippen LogP contribution in [-0.2, 0) is 16.0 Å². The zero-order chi connectivity index (χ0) is 17.2. The lowest BCUT2D eigenvalue weighted by atomic mass is 10.0. The molecular weight excluding hydrogens is 294 g/mol. The first-order chi connectivity index (χ1) is 11.0. The number of ketones is 1. The molecule has 0 aromatic heterocycles. The van der Waals surface area contributed by atoms with Crippen molar-refractivity contribution in [3.8, 4) is 0 Å². The molecule has 0 fully saturated rings. The van der Waals surface area contributed by atoms with Crippen LogP contribution in [0.1, 0.15) is 49.0 Å². The molecule has 1 unspecified atom stereocenters. The zero-order valence-electron chi connectivity index (χ0n) is 13.5. The predicted octanol–water partition coefficient (Wildman–Crippen LogP) is 2.75. The first-order valence-electron chi connectivity index (χ1n) is 7.73. The Balaban J connectivity index is 2.50. The number of amides is 1. The number of Topliss-reactive ketones (excluding diaryl/α,β-unsaturated/α-hetero) is 1. The van der Waals surface area contributed by atoms with E-state index >= 15 is 0 Å². The Morgan fingerprint density at radius 3 is 2.35 bits per heavy atom. The average Bonchev–Trinajstić information content (AvgIpc) is 2.56. The Kier molecular flexibility index (Phi) is 7.74. The van der Waals surface area contributed by atoms with Crippen LogP contribution in [0.5, 0.6) is 0 Å². The molecule has 1 aromatic rings. The van der Waals surface area contributed by atoms with Gasteiger partial charge in [-0.05, 0) is 25.3 Å². The highest BCUT2D eigenvalue weighted by Gasteiger charge is 2.19. The lowest BCUT2D eigenvalue weighted by molar-refractivity contribution is -0.141. The zero-order valence-corrected chi connectivity index (χ0v) is 13.5. The van der Waals surface area contributed by atoms with Crippen LogP contribution in [0.4, 0.5) is 0 Å². The summed E-state index contributed by atoms with van der Waals surface area (Å²) in [5, 5.41) is 11.5. The van der Waals surface area contributed by atoms with E-state index in [1.54, 1.807) is 31.2 Å². The molecular formula is C18H23NO4. The second-order valence-electron chi connectivity index (χ2n) is 5.24. The van der Waals surface area contributed by atoms with E-state index in [9.17, 15) is 14.4 Å². The molecule has 0 heterocycles. The summed E-state index contributed by atoms with van der Waals surface area (Å²) in [6, 6.07) is 6.34. The van der Waals surface area contributed by atoms with Crippen LogP contribution in [0.2, 0.25) is 0 Å². The molecule has 1 amide bonds. The number of allylic oxidation sites excluding steroid dienone is 1. The smallest absolute Gasteiger partial charge is 0.326 e. The molecule has 2 N–H and O–H groups in total. The minimum absolute atomic E-state index is 0.0199. The highest BCUT2D eigenvalue weighted by atomic mass is 16.4. The van der Waals surface area contributed by atoms with Gasteiger partial charge in [-0.2, -0.15) is 0 Å². The fourth-order valence-electron chi connectivity index (χ4n) is 2.06. The molecule has 0 aliphatic carbocycles. The summed E-state index contributed by atoms with van der Waals surface area (Å²) in [7, 11) is 0. The number of carboxylic acids is 1. The number of carboxylic acid groups (broad SMARTS) is 1. The number of carbonyl (C=O) groups is 3. The van der Waals surface area contributed by atoms with E-state index in [0.29, 0.717) is 5.56 Å². The van der Waals surface area contributed by atoms with E-state index < -0.39 is 17.9 Å². The highest BCUT2D eigenvalue weighted by Crippen LogP contribution is 2.09. The molecule has 1 aromatic carbocycles. The topological polar surface area (TPSA) is 83.5 Å². The Hall–Kier alpha value is -2.43. The van der Waals surface area contributed by atoms with Gasteiger partial charge >= 0.3 is 5.97 Å². The molecule has 0 saturated carbocycles. The molecule has 0 spiro atoms. The minimum atomic E-state index is -1.09. The van der Waals surface area contributed by atoms with Crippen molar-refractivity contribution in [2.75, 3.05) is 0 Å². The molecule has 0 saturated heterocycles. The summed E-state index contributed by atoms with van der Waals surface area (Å²) in [6.45, 7) is 3.82. The van der Waals surface area contributed by atoms with Gasteiger partial charge in [0.15, 0.2) is 5.78 Å². The van der Waals surface area contributed by atoms with E-state index in [1.807, 2.05) is 19.1 Å². The largest absolute Gasteiger partial charge is 0.480 e. The lowest BCUT2D eigenvalue weighted by Crippen LogP contribution is -2.40. The minimum Gasteiger partial charge on any atom is -0.480 e. The van der Waals surface area contributed by atoms with Crippen LogP contribution in [0.15, 0.2) is 36.4 Å². The summed E-state index contributed by atoms with van der Waals surface area (Å²) in [5.41, 5.74) is 1.71. The fourth-order valence-corrected chi connectivity index (χ4v) is 2.06. The molecule has 23 heavy (non-hydrogen) atoms. The maximum atomic E-state index is 12.0. The van der Waals surface area contributed by atoms with Crippen LogP contribution in [0.25, 0.3) is 0 Å². The third-order valence-corrected chi connectivity index (χ3v) is 3.50. The fraction of sp³-hybridized carbons (Fsp3) is 0.389. The first-order valence-corrected chi connectivity index (χ1v) is 7.73. The van der Waals surface area contributed by atoms with E-state index in [0.717, 1.165) is 12.0 Å². The predicted molar refractivity (Wildman–Crippen MR) is 88.4 cm³/mol. The normalized spacial score (nSPS) is 12.1. The molecule has 0 aliphatic rings. The number of aryl methyl sites for hydroxylation is 1. The van der Waals surface area contributed by atoms with Crippen molar-refractivity contribution < 1.29 is 19.5 Å². The summed E-state index contributed by atoms with van der Waals surface area (Å²) in [6.07, 6.45) is 4.58. The van der Waals surface area contributed by atoms with Gasteiger partial charge in [0.1, 0.15) is 6.04 Å². The molecule has 1 atom stereocenters. The second kappa shape index (κ2) is 9.56. The standard InChI is InChI=1S/C18H23NO4/c1-3-5-6-15(18(22)23)19-17(21)12-11-16(20)14-9-7-13(4-2)8-10-14/h3,5,7-10,15H,4,6,11-12H2,1-2H3,(H,19,21)(H,22,23)/b5-3+. The monoisotopic (exact) mass is 317 g/mol. The van der Waals surface area contributed by atoms with Crippen molar-refractivity contribution in [1.29, 1.82) is 0 Å². The molecule has 0 radical (unpaired) electrons. The van der Waals surface area contributed by atoms with Gasteiger partial charge in [-0.15, -0.1) is 0 Å². The van der Waals surface area contributed by atoms with Gasteiger partial charge in [-0.25, -0.2) is 4.79 Å². The van der Waals surface area contributed by atoms with Crippen molar-refractivity contribution in [2.45, 2.75) is 45.6 Å². The number of carbonyl (C=O) groups excluding carboxylic acids is 2. The van der Waals surface area contributed by atoms with Gasteiger partial charge in [0.05, 0.1) is 0 Å². The van der Waals surface area contributed by atoms with Crippen LogP contribution >= 0.6 is 0 Å². The van der Waals surface area contributed by atoms with Crippen LogP contribution in [-0.4, -0.2) is 28.8 Å². The molecule has 0 bridgehead atoms. The Bertz CT molecular complexity index is 575. The third-order valence-electron chi connectivity index (χ3n) is 3.50.